The van der Waals surface area contributed by atoms with Crippen molar-refractivity contribution in [2.45, 2.75) is 6.92 Å². The van der Waals surface area contributed by atoms with Crippen molar-refractivity contribution in [2.75, 3.05) is 51.6 Å². The Labute approximate surface area is 159 Å². The summed E-state index contributed by atoms with van der Waals surface area (Å²) in [5, 5.41) is 6.73. The van der Waals surface area contributed by atoms with Crippen LogP contribution in [-0.4, -0.2) is 61.1 Å². The van der Waals surface area contributed by atoms with Crippen molar-refractivity contribution in [3.05, 3.63) is 47.0 Å². The van der Waals surface area contributed by atoms with E-state index in [-0.39, 0.29) is 0 Å². The van der Waals surface area contributed by atoms with Crippen LogP contribution in [0.2, 0.25) is 5.02 Å². The minimum Gasteiger partial charge on any atom is -0.383 e. The SMILES string of the molecule is Cc1ccc2nc3cc(Cl)ccc3c(NCCN3CCN(C)CC3)c2c1. The number of hydrogen-bond donors (Lipinski definition) is 1. The summed E-state index contributed by atoms with van der Waals surface area (Å²) in [7, 11) is 2.19. The molecular formula is C21H25ClN4. The molecule has 0 spiro atoms. The predicted molar refractivity (Wildman–Crippen MR) is 111 cm³/mol. The highest BCUT2D eigenvalue weighted by Crippen LogP contribution is 2.32. The molecule has 1 aromatic heterocycles. The van der Waals surface area contributed by atoms with E-state index in [0.29, 0.717) is 0 Å². The largest absolute Gasteiger partial charge is 0.383 e. The lowest BCUT2D eigenvalue weighted by Gasteiger charge is -2.32. The first-order valence-corrected chi connectivity index (χ1v) is 9.62. The van der Waals surface area contributed by atoms with E-state index in [4.69, 9.17) is 16.6 Å². The maximum Gasteiger partial charge on any atom is 0.0745 e. The van der Waals surface area contributed by atoms with Crippen molar-refractivity contribution in [3.63, 3.8) is 0 Å². The summed E-state index contributed by atoms with van der Waals surface area (Å²) in [5.41, 5.74) is 4.36. The van der Waals surface area contributed by atoms with Crippen LogP contribution in [0.5, 0.6) is 0 Å². The molecule has 1 saturated heterocycles. The average molecular weight is 369 g/mol. The van der Waals surface area contributed by atoms with Crippen molar-refractivity contribution in [1.82, 2.24) is 14.8 Å². The highest BCUT2D eigenvalue weighted by atomic mass is 35.5. The van der Waals surface area contributed by atoms with Crippen molar-refractivity contribution in [3.8, 4) is 0 Å². The number of anilines is 1. The van der Waals surface area contributed by atoms with E-state index in [1.807, 2.05) is 12.1 Å². The van der Waals surface area contributed by atoms with Crippen LogP contribution in [0.25, 0.3) is 21.8 Å². The van der Waals surface area contributed by atoms with Crippen LogP contribution in [0.3, 0.4) is 0 Å². The fraction of sp³-hybridized carbons (Fsp3) is 0.381. The predicted octanol–water partition coefficient (Wildman–Crippen LogP) is 4.01. The van der Waals surface area contributed by atoms with E-state index in [2.05, 4.69) is 53.4 Å². The zero-order valence-electron chi connectivity index (χ0n) is 15.4. The lowest BCUT2D eigenvalue weighted by atomic mass is 10.1. The first-order chi connectivity index (χ1) is 12.6. The molecule has 1 aliphatic heterocycles. The second-order valence-electron chi connectivity index (χ2n) is 7.24. The number of nitrogens with zero attached hydrogens (tertiary/aromatic N) is 3. The number of nitrogens with one attached hydrogen (secondary N) is 1. The number of piperazine rings is 1. The Morgan fingerprint density at radius 2 is 1.81 bits per heavy atom. The van der Waals surface area contributed by atoms with Crippen LogP contribution in [0, 0.1) is 6.92 Å². The summed E-state index contributed by atoms with van der Waals surface area (Å²) in [4.78, 5) is 9.72. The number of likely N-dealkylation sites (N-methyl/N-ethyl adjacent to an activating group) is 1. The Bertz CT molecular complexity index is 932. The summed E-state index contributed by atoms with van der Waals surface area (Å²) in [6, 6.07) is 12.4. The molecule has 0 bridgehead atoms. The Morgan fingerprint density at radius 3 is 2.62 bits per heavy atom. The molecule has 1 N–H and O–H groups in total. The maximum atomic E-state index is 6.19. The Balaban J connectivity index is 1.63. The van der Waals surface area contributed by atoms with E-state index in [9.17, 15) is 0 Å². The molecule has 0 radical (unpaired) electrons. The topological polar surface area (TPSA) is 31.4 Å². The third-order valence-corrected chi connectivity index (χ3v) is 5.45. The second-order valence-corrected chi connectivity index (χ2v) is 7.68. The summed E-state index contributed by atoms with van der Waals surface area (Å²) in [5.74, 6) is 0. The van der Waals surface area contributed by atoms with Gasteiger partial charge in [0.05, 0.1) is 16.7 Å². The smallest absolute Gasteiger partial charge is 0.0745 e. The fourth-order valence-electron chi connectivity index (χ4n) is 3.63. The number of benzene rings is 2. The molecule has 0 aliphatic carbocycles. The molecule has 0 atom stereocenters. The number of pyridine rings is 1. The van der Waals surface area contributed by atoms with Crippen molar-refractivity contribution < 1.29 is 0 Å². The molecule has 1 fully saturated rings. The van der Waals surface area contributed by atoms with Crippen molar-refractivity contribution in [1.29, 1.82) is 0 Å². The molecule has 1 aliphatic rings. The number of fused-ring (bicyclic) bond motifs is 2. The van der Waals surface area contributed by atoms with Gasteiger partial charge in [0.1, 0.15) is 0 Å². The number of aromatic nitrogens is 1. The average Bonchev–Trinajstić information content (AvgIpc) is 2.63. The maximum absolute atomic E-state index is 6.19. The molecule has 2 heterocycles. The van der Waals surface area contributed by atoms with Crippen LogP contribution in [0.15, 0.2) is 36.4 Å². The van der Waals surface area contributed by atoms with Gasteiger partial charge in [0, 0.05) is 55.1 Å². The zero-order valence-corrected chi connectivity index (χ0v) is 16.2. The van der Waals surface area contributed by atoms with Gasteiger partial charge in [-0.1, -0.05) is 23.2 Å². The molecule has 0 unspecified atom stereocenters. The lowest BCUT2D eigenvalue weighted by Crippen LogP contribution is -2.45. The van der Waals surface area contributed by atoms with Gasteiger partial charge in [-0.15, -0.1) is 0 Å². The van der Waals surface area contributed by atoms with E-state index >= 15 is 0 Å². The van der Waals surface area contributed by atoms with Gasteiger partial charge in [-0.2, -0.15) is 0 Å². The summed E-state index contributed by atoms with van der Waals surface area (Å²) in [6.07, 6.45) is 0. The summed E-state index contributed by atoms with van der Waals surface area (Å²) >= 11 is 6.19. The van der Waals surface area contributed by atoms with Crippen LogP contribution >= 0.6 is 11.6 Å². The number of aryl methyl sites for hydroxylation is 1. The monoisotopic (exact) mass is 368 g/mol. The molecular weight excluding hydrogens is 344 g/mol. The van der Waals surface area contributed by atoms with Crippen LogP contribution in [-0.2, 0) is 0 Å². The van der Waals surface area contributed by atoms with E-state index < -0.39 is 0 Å². The normalized spacial score (nSPS) is 16.4. The van der Waals surface area contributed by atoms with Gasteiger partial charge in [0.2, 0.25) is 0 Å². The van der Waals surface area contributed by atoms with Gasteiger partial charge in [-0.05, 0) is 44.3 Å². The Hall–Kier alpha value is -1.88. The minimum atomic E-state index is 0.722. The van der Waals surface area contributed by atoms with Gasteiger partial charge in [0.25, 0.3) is 0 Å². The van der Waals surface area contributed by atoms with Gasteiger partial charge in [-0.3, -0.25) is 4.90 Å². The highest BCUT2D eigenvalue weighted by Gasteiger charge is 2.14. The Morgan fingerprint density at radius 1 is 1.00 bits per heavy atom. The summed E-state index contributed by atoms with van der Waals surface area (Å²) in [6.45, 7) is 8.69. The third kappa shape index (κ3) is 3.63. The van der Waals surface area contributed by atoms with E-state index in [1.54, 1.807) is 0 Å². The molecule has 4 nitrogen and oxygen atoms in total. The molecule has 0 amide bonds. The molecule has 2 aromatic carbocycles. The molecule has 0 saturated carbocycles. The number of hydrogen-bond acceptors (Lipinski definition) is 4. The molecule has 26 heavy (non-hydrogen) atoms. The van der Waals surface area contributed by atoms with Crippen LogP contribution in [0.4, 0.5) is 5.69 Å². The molecule has 4 rings (SSSR count). The van der Waals surface area contributed by atoms with Gasteiger partial charge in [0.15, 0.2) is 0 Å². The molecule has 5 heteroatoms. The van der Waals surface area contributed by atoms with Gasteiger partial charge >= 0.3 is 0 Å². The van der Waals surface area contributed by atoms with Crippen LogP contribution in [0.1, 0.15) is 5.56 Å². The second kappa shape index (κ2) is 7.39. The first kappa shape index (κ1) is 17.5. The zero-order chi connectivity index (χ0) is 18.1. The summed E-state index contributed by atoms with van der Waals surface area (Å²) < 4.78 is 0. The molecule has 136 valence electrons. The fourth-order valence-corrected chi connectivity index (χ4v) is 3.80. The van der Waals surface area contributed by atoms with Gasteiger partial charge in [-0.25, -0.2) is 4.98 Å². The first-order valence-electron chi connectivity index (χ1n) is 9.24. The van der Waals surface area contributed by atoms with E-state index in [0.717, 1.165) is 60.7 Å². The van der Waals surface area contributed by atoms with Crippen molar-refractivity contribution in [2.24, 2.45) is 0 Å². The van der Waals surface area contributed by atoms with Crippen LogP contribution < -0.4 is 5.32 Å². The molecule has 3 aromatic rings. The highest BCUT2D eigenvalue weighted by molar-refractivity contribution is 6.31. The number of halogens is 1. The number of rotatable bonds is 4. The third-order valence-electron chi connectivity index (χ3n) is 5.22. The van der Waals surface area contributed by atoms with Crippen molar-refractivity contribution >= 4 is 39.1 Å². The minimum absolute atomic E-state index is 0.722. The Kier molecular flexibility index (Phi) is 4.98. The van der Waals surface area contributed by atoms with E-state index in [1.165, 1.54) is 16.6 Å². The quantitative estimate of drug-likeness (QED) is 0.705. The van der Waals surface area contributed by atoms with Gasteiger partial charge < -0.3 is 10.2 Å². The lowest BCUT2D eigenvalue weighted by molar-refractivity contribution is 0.158. The standard InChI is InChI=1S/C21H25ClN4/c1-15-3-6-19-18(13-15)21(17-5-4-16(22)14-20(17)24-19)23-7-8-26-11-9-25(2)10-12-26/h3-6,13-14H,7-12H2,1-2H3,(H,23,24).